The molecular weight excluding hydrogens is 308 g/mol. The quantitative estimate of drug-likeness (QED) is 0.792. The summed E-state index contributed by atoms with van der Waals surface area (Å²) in [5.74, 6) is 0.611. The van der Waals surface area contributed by atoms with Gasteiger partial charge in [-0.1, -0.05) is 18.2 Å². The summed E-state index contributed by atoms with van der Waals surface area (Å²) in [6, 6.07) is 7.96. The number of nitrogens with zero attached hydrogens (tertiary/aromatic N) is 1. The molecule has 0 unspecified atom stereocenters. The van der Waals surface area contributed by atoms with E-state index in [1.807, 2.05) is 29.2 Å². The SMILES string of the molecule is COc1ccccc1CCNCC(=O)N1CCC2(CC1)OCCO2. The van der Waals surface area contributed by atoms with Crippen LogP contribution in [0.3, 0.4) is 0 Å². The van der Waals surface area contributed by atoms with Gasteiger partial charge in [0, 0.05) is 25.9 Å². The maximum atomic E-state index is 12.3. The van der Waals surface area contributed by atoms with E-state index in [4.69, 9.17) is 14.2 Å². The molecular formula is C18H26N2O4. The van der Waals surface area contributed by atoms with Crippen LogP contribution in [0.5, 0.6) is 5.75 Å². The van der Waals surface area contributed by atoms with Crippen LogP contribution < -0.4 is 10.1 Å². The van der Waals surface area contributed by atoms with E-state index in [9.17, 15) is 4.79 Å². The molecule has 0 atom stereocenters. The largest absolute Gasteiger partial charge is 0.496 e. The highest BCUT2D eigenvalue weighted by molar-refractivity contribution is 5.78. The first kappa shape index (κ1) is 17.2. The van der Waals surface area contributed by atoms with E-state index < -0.39 is 5.79 Å². The van der Waals surface area contributed by atoms with E-state index in [1.165, 1.54) is 0 Å². The van der Waals surface area contributed by atoms with Crippen LogP contribution in [0.15, 0.2) is 24.3 Å². The second-order valence-corrected chi connectivity index (χ2v) is 6.23. The van der Waals surface area contributed by atoms with Gasteiger partial charge in [-0.2, -0.15) is 0 Å². The van der Waals surface area contributed by atoms with Crippen molar-refractivity contribution in [1.29, 1.82) is 0 Å². The third-order valence-corrected chi connectivity index (χ3v) is 4.73. The van der Waals surface area contributed by atoms with Crippen molar-refractivity contribution in [2.24, 2.45) is 0 Å². The summed E-state index contributed by atoms with van der Waals surface area (Å²) < 4.78 is 16.7. The Labute approximate surface area is 143 Å². The molecule has 1 aromatic carbocycles. The van der Waals surface area contributed by atoms with E-state index in [1.54, 1.807) is 7.11 Å². The zero-order valence-electron chi connectivity index (χ0n) is 14.3. The Morgan fingerprint density at radius 1 is 1.25 bits per heavy atom. The van der Waals surface area contributed by atoms with Crippen LogP contribution in [0.1, 0.15) is 18.4 Å². The first-order valence-electron chi connectivity index (χ1n) is 8.61. The average Bonchev–Trinajstić information content (AvgIpc) is 3.07. The van der Waals surface area contributed by atoms with Gasteiger partial charge in [-0.15, -0.1) is 0 Å². The normalized spacial score (nSPS) is 19.6. The van der Waals surface area contributed by atoms with Gasteiger partial charge in [-0.05, 0) is 24.6 Å². The lowest BCUT2D eigenvalue weighted by Crippen LogP contribution is -2.49. The van der Waals surface area contributed by atoms with Crippen LogP contribution in [0.2, 0.25) is 0 Å². The van der Waals surface area contributed by atoms with Gasteiger partial charge < -0.3 is 24.4 Å². The molecule has 132 valence electrons. The molecule has 1 aromatic rings. The van der Waals surface area contributed by atoms with Crippen LogP contribution in [0.4, 0.5) is 0 Å². The molecule has 0 bridgehead atoms. The number of rotatable bonds is 6. The minimum Gasteiger partial charge on any atom is -0.496 e. The molecule has 24 heavy (non-hydrogen) atoms. The fourth-order valence-electron chi connectivity index (χ4n) is 3.32. The van der Waals surface area contributed by atoms with Crippen molar-refractivity contribution in [3.05, 3.63) is 29.8 Å². The van der Waals surface area contributed by atoms with Gasteiger partial charge in [0.2, 0.25) is 5.91 Å². The molecule has 0 aromatic heterocycles. The summed E-state index contributed by atoms with van der Waals surface area (Å²) in [4.78, 5) is 14.2. The first-order chi connectivity index (χ1) is 11.7. The average molecular weight is 334 g/mol. The number of nitrogens with one attached hydrogen (secondary N) is 1. The summed E-state index contributed by atoms with van der Waals surface area (Å²) in [5.41, 5.74) is 1.15. The summed E-state index contributed by atoms with van der Waals surface area (Å²) in [6.45, 7) is 3.84. The second kappa shape index (κ2) is 7.96. The Balaban J connectivity index is 1.37. The van der Waals surface area contributed by atoms with Crippen molar-refractivity contribution in [1.82, 2.24) is 10.2 Å². The van der Waals surface area contributed by atoms with Crippen LogP contribution in [-0.2, 0) is 20.7 Å². The Hall–Kier alpha value is -1.63. The van der Waals surface area contributed by atoms with Gasteiger partial charge in [-0.3, -0.25) is 4.79 Å². The molecule has 6 heteroatoms. The van der Waals surface area contributed by atoms with Gasteiger partial charge in [0.25, 0.3) is 0 Å². The number of amides is 1. The molecule has 3 rings (SSSR count). The molecule has 2 heterocycles. The number of ether oxygens (including phenoxy) is 3. The number of likely N-dealkylation sites (tertiary alicyclic amines) is 1. The molecule has 1 amide bonds. The molecule has 1 spiro atoms. The third-order valence-electron chi connectivity index (χ3n) is 4.73. The Bertz CT molecular complexity index is 548. The maximum Gasteiger partial charge on any atom is 0.236 e. The molecule has 6 nitrogen and oxygen atoms in total. The summed E-state index contributed by atoms with van der Waals surface area (Å²) >= 11 is 0. The number of methoxy groups -OCH3 is 1. The van der Waals surface area contributed by atoms with Crippen molar-refractivity contribution < 1.29 is 19.0 Å². The summed E-state index contributed by atoms with van der Waals surface area (Å²) in [7, 11) is 1.68. The Morgan fingerprint density at radius 2 is 1.96 bits per heavy atom. The van der Waals surface area contributed by atoms with E-state index in [2.05, 4.69) is 5.32 Å². The zero-order chi connectivity index (χ0) is 16.8. The Kier molecular flexibility index (Phi) is 5.71. The van der Waals surface area contributed by atoms with Crippen molar-refractivity contribution in [3.63, 3.8) is 0 Å². The fraction of sp³-hybridized carbons (Fsp3) is 0.611. The highest BCUT2D eigenvalue weighted by Crippen LogP contribution is 2.31. The summed E-state index contributed by atoms with van der Waals surface area (Å²) in [6.07, 6.45) is 2.36. The third kappa shape index (κ3) is 4.06. The molecule has 2 fully saturated rings. The number of hydrogen-bond donors (Lipinski definition) is 1. The van der Waals surface area contributed by atoms with E-state index >= 15 is 0 Å². The van der Waals surface area contributed by atoms with E-state index in [-0.39, 0.29) is 5.91 Å². The monoisotopic (exact) mass is 334 g/mol. The molecule has 0 saturated carbocycles. The van der Waals surface area contributed by atoms with Crippen LogP contribution in [0, 0.1) is 0 Å². The van der Waals surface area contributed by atoms with Crippen LogP contribution in [-0.4, -0.2) is 63.1 Å². The summed E-state index contributed by atoms with van der Waals surface area (Å²) in [5, 5.41) is 3.23. The molecule has 2 aliphatic heterocycles. The van der Waals surface area contributed by atoms with Crippen LogP contribution >= 0.6 is 0 Å². The van der Waals surface area contributed by atoms with Gasteiger partial charge in [0.1, 0.15) is 5.75 Å². The predicted octanol–water partition coefficient (Wildman–Crippen LogP) is 1.19. The van der Waals surface area contributed by atoms with Gasteiger partial charge in [-0.25, -0.2) is 0 Å². The zero-order valence-corrected chi connectivity index (χ0v) is 14.3. The molecule has 2 saturated heterocycles. The van der Waals surface area contributed by atoms with Crippen molar-refractivity contribution in [2.75, 3.05) is 46.5 Å². The number of piperidine rings is 1. The van der Waals surface area contributed by atoms with Crippen molar-refractivity contribution in [2.45, 2.75) is 25.0 Å². The fourth-order valence-corrected chi connectivity index (χ4v) is 3.32. The lowest BCUT2D eigenvalue weighted by atomic mass is 10.0. The van der Waals surface area contributed by atoms with Gasteiger partial charge >= 0.3 is 0 Å². The van der Waals surface area contributed by atoms with E-state index in [0.717, 1.165) is 37.1 Å². The standard InChI is InChI=1S/C18H26N2O4/c1-22-16-5-3-2-4-15(16)6-9-19-14-17(21)20-10-7-18(8-11-20)23-12-13-24-18/h2-5,19H,6-14H2,1H3. The lowest BCUT2D eigenvalue weighted by Gasteiger charge is -2.37. The van der Waals surface area contributed by atoms with Crippen molar-refractivity contribution >= 4 is 5.91 Å². The number of para-hydroxylation sites is 1. The minimum atomic E-state index is -0.423. The molecule has 2 aliphatic rings. The highest BCUT2D eigenvalue weighted by Gasteiger charge is 2.40. The maximum absolute atomic E-state index is 12.3. The topological polar surface area (TPSA) is 60.0 Å². The minimum absolute atomic E-state index is 0.142. The highest BCUT2D eigenvalue weighted by atomic mass is 16.7. The number of hydrogen-bond acceptors (Lipinski definition) is 5. The van der Waals surface area contributed by atoms with Crippen molar-refractivity contribution in [3.8, 4) is 5.75 Å². The number of carbonyl (C=O) groups is 1. The lowest BCUT2D eigenvalue weighted by molar-refractivity contribution is -0.187. The van der Waals surface area contributed by atoms with Gasteiger partial charge in [0.15, 0.2) is 5.79 Å². The second-order valence-electron chi connectivity index (χ2n) is 6.23. The van der Waals surface area contributed by atoms with E-state index in [0.29, 0.717) is 32.8 Å². The first-order valence-corrected chi connectivity index (χ1v) is 8.61. The molecule has 1 N–H and O–H groups in total. The number of carbonyl (C=O) groups excluding carboxylic acids is 1. The predicted molar refractivity (Wildman–Crippen MR) is 90.0 cm³/mol. The van der Waals surface area contributed by atoms with Gasteiger partial charge in [0.05, 0.1) is 26.9 Å². The van der Waals surface area contributed by atoms with Crippen LogP contribution in [0.25, 0.3) is 0 Å². The molecule has 0 radical (unpaired) electrons. The number of benzene rings is 1. The molecule has 0 aliphatic carbocycles. The smallest absolute Gasteiger partial charge is 0.236 e. The Morgan fingerprint density at radius 3 is 2.67 bits per heavy atom.